The molecule has 25 heavy (non-hydrogen) atoms. The largest absolute Gasteiger partial charge is 0.467 e. The van der Waals surface area contributed by atoms with Gasteiger partial charge in [-0.3, -0.25) is 0 Å². The second kappa shape index (κ2) is 7.05. The molecule has 0 spiro atoms. The van der Waals surface area contributed by atoms with Crippen molar-refractivity contribution in [2.75, 3.05) is 31.7 Å². The van der Waals surface area contributed by atoms with Crippen molar-refractivity contribution in [3.8, 4) is 6.01 Å². The number of rotatable bonds is 3. The first kappa shape index (κ1) is 17.8. The van der Waals surface area contributed by atoms with Gasteiger partial charge in [0, 0.05) is 13.1 Å². The number of hydrogen-bond donors (Lipinski definition) is 0. The van der Waals surface area contributed by atoms with Crippen molar-refractivity contribution >= 4 is 17.4 Å². The highest BCUT2D eigenvalue weighted by molar-refractivity contribution is 6.32. The maximum atomic E-state index is 12.7. The Bertz CT molecular complexity index is 740. The Balaban J connectivity index is 1.79. The Morgan fingerprint density at radius 2 is 2.00 bits per heavy atom. The molecule has 0 bridgehead atoms. The van der Waals surface area contributed by atoms with Crippen LogP contribution in [0.1, 0.15) is 17.2 Å². The van der Waals surface area contributed by atoms with Gasteiger partial charge in [0.25, 0.3) is 0 Å². The molecule has 0 amide bonds. The van der Waals surface area contributed by atoms with Crippen LogP contribution in [-0.2, 0) is 10.9 Å². The third-order valence-corrected chi connectivity index (χ3v) is 4.13. The van der Waals surface area contributed by atoms with Gasteiger partial charge in [0.15, 0.2) is 5.82 Å². The molecule has 0 aliphatic carbocycles. The fourth-order valence-electron chi connectivity index (χ4n) is 2.59. The number of benzene rings is 1. The number of anilines is 1. The molecule has 1 atom stereocenters. The summed E-state index contributed by atoms with van der Waals surface area (Å²) in [6.07, 6.45) is -3.29. The zero-order chi connectivity index (χ0) is 18.0. The van der Waals surface area contributed by atoms with Crippen molar-refractivity contribution < 1.29 is 22.6 Å². The number of morpholine rings is 1. The average molecular weight is 374 g/mol. The lowest BCUT2D eigenvalue weighted by molar-refractivity contribution is -0.137. The predicted molar refractivity (Wildman–Crippen MR) is 85.9 cm³/mol. The predicted octanol–water partition coefficient (Wildman–Crippen LogP) is 3.74. The summed E-state index contributed by atoms with van der Waals surface area (Å²) in [5.74, 6) is 0.508. The first-order chi connectivity index (χ1) is 11.9. The van der Waals surface area contributed by atoms with Gasteiger partial charge in [0.2, 0.25) is 0 Å². The highest BCUT2D eigenvalue weighted by Gasteiger charge is 2.31. The summed E-state index contributed by atoms with van der Waals surface area (Å²) >= 11 is 6.16. The maximum Gasteiger partial charge on any atom is 0.416 e. The lowest BCUT2D eigenvalue weighted by atomic mass is 10.1. The van der Waals surface area contributed by atoms with Crippen LogP contribution in [0, 0.1) is 0 Å². The molecule has 3 rings (SSSR count). The van der Waals surface area contributed by atoms with Gasteiger partial charge in [-0.1, -0.05) is 23.7 Å². The zero-order valence-corrected chi connectivity index (χ0v) is 14.0. The van der Waals surface area contributed by atoms with Crippen LogP contribution >= 0.6 is 11.6 Å². The molecule has 1 aliphatic rings. The van der Waals surface area contributed by atoms with Crippen molar-refractivity contribution in [2.45, 2.75) is 12.3 Å². The molecule has 2 heterocycles. The molecular weight excluding hydrogens is 359 g/mol. The number of aromatic nitrogens is 2. The molecule has 1 aromatic carbocycles. The third kappa shape index (κ3) is 3.96. The molecule has 1 fully saturated rings. The van der Waals surface area contributed by atoms with Crippen LogP contribution in [0.15, 0.2) is 30.5 Å². The molecule has 0 saturated carbocycles. The second-order valence-corrected chi connectivity index (χ2v) is 5.86. The van der Waals surface area contributed by atoms with E-state index in [0.29, 0.717) is 36.1 Å². The SMILES string of the molecule is COc1ncc(Cl)c(N2CCOC(c3ccc(C(F)(F)F)cc3)C2)n1. The number of nitrogens with zero attached hydrogens (tertiary/aromatic N) is 3. The first-order valence-electron chi connectivity index (χ1n) is 7.48. The van der Waals surface area contributed by atoms with E-state index in [0.717, 1.165) is 12.1 Å². The minimum atomic E-state index is -4.36. The summed E-state index contributed by atoms with van der Waals surface area (Å²) in [6.45, 7) is 1.36. The number of alkyl halides is 3. The van der Waals surface area contributed by atoms with E-state index in [1.807, 2.05) is 4.90 Å². The van der Waals surface area contributed by atoms with E-state index >= 15 is 0 Å². The highest BCUT2D eigenvalue weighted by Crippen LogP contribution is 2.33. The Kier molecular flexibility index (Phi) is 5.01. The molecule has 134 valence electrons. The Hall–Kier alpha value is -2.06. The third-order valence-electron chi connectivity index (χ3n) is 3.86. The summed E-state index contributed by atoms with van der Waals surface area (Å²) in [7, 11) is 1.46. The zero-order valence-electron chi connectivity index (χ0n) is 13.3. The minimum absolute atomic E-state index is 0.192. The smallest absolute Gasteiger partial charge is 0.416 e. The van der Waals surface area contributed by atoms with Crippen LogP contribution < -0.4 is 9.64 Å². The quantitative estimate of drug-likeness (QED) is 0.820. The summed E-state index contributed by atoms with van der Waals surface area (Å²) in [5, 5.41) is 0.369. The lowest BCUT2D eigenvalue weighted by Gasteiger charge is -2.34. The normalized spacial score (nSPS) is 18.3. The Labute approximate surface area is 147 Å². The van der Waals surface area contributed by atoms with E-state index in [1.165, 1.54) is 25.4 Å². The van der Waals surface area contributed by atoms with Gasteiger partial charge < -0.3 is 14.4 Å². The monoisotopic (exact) mass is 373 g/mol. The topological polar surface area (TPSA) is 47.5 Å². The van der Waals surface area contributed by atoms with Gasteiger partial charge in [-0.15, -0.1) is 0 Å². The van der Waals surface area contributed by atoms with Crippen LogP contribution in [-0.4, -0.2) is 36.8 Å². The second-order valence-electron chi connectivity index (χ2n) is 5.45. The van der Waals surface area contributed by atoms with Gasteiger partial charge in [0.05, 0.1) is 25.5 Å². The summed E-state index contributed by atoms with van der Waals surface area (Å²) in [6, 6.07) is 5.16. The van der Waals surface area contributed by atoms with Crippen LogP contribution in [0.5, 0.6) is 6.01 Å². The molecule has 0 N–H and O–H groups in total. The number of halogens is 4. The minimum Gasteiger partial charge on any atom is -0.467 e. The number of ether oxygens (including phenoxy) is 2. The molecule has 1 unspecified atom stereocenters. The molecule has 1 aliphatic heterocycles. The van der Waals surface area contributed by atoms with E-state index in [-0.39, 0.29) is 12.1 Å². The van der Waals surface area contributed by atoms with Gasteiger partial charge in [-0.2, -0.15) is 18.2 Å². The Morgan fingerprint density at radius 1 is 1.28 bits per heavy atom. The van der Waals surface area contributed by atoms with E-state index in [2.05, 4.69) is 9.97 Å². The summed E-state index contributed by atoms with van der Waals surface area (Å²) in [5.41, 5.74) is -0.0256. The standard InChI is InChI=1S/C16H15ClF3N3O2/c1-24-15-21-8-12(17)14(22-15)23-6-7-25-13(9-23)10-2-4-11(5-3-10)16(18,19)20/h2-5,8,13H,6-7,9H2,1H3. The summed E-state index contributed by atoms with van der Waals surface area (Å²) < 4.78 is 48.8. The fourth-order valence-corrected chi connectivity index (χ4v) is 2.80. The van der Waals surface area contributed by atoms with E-state index < -0.39 is 11.7 Å². The molecule has 1 aromatic heterocycles. The number of hydrogen-bond acceptors (Lipinski definition) is 5. The van der Waals surface area contributed by atoms with Crippen LogP contribution in [0.2, 0.25) is 5.02 Å². The van der Waals surface area contributed by atoms with E-state index in [1.54, 1.807) is 0 Å². The van der Waals surface area contributed by atoms with Crippen molar-refractivity contribution in [1.29, 1.82) is 0 Å². The molecular formula is C16H15ClF3N3O2. The highest BCUT2D eigenvalue weighted by atomic mass is 35.5. The van der Waals surface area contributed by atoms with E-state index in [4.69, 9.17) is 21.1 Å². The van der Waals surface area contributed by atoms with Crippen molar-refractivity contribution in [3.63, 3.8) is 0 Å². The lowest BCUT2D eigenvalue weighted by Crippen LogP contribution is -2.39. The van der Waals surface area contributed by atoms with Gasteiger partial charge in [0.1, 0.15) is 11.1 Å². The van der Waals surface area contributed by atoms with Crippen molar-refractivity contribution in [2.24, 2.45) is 0 Å². The molecule has 9 heteroatoms. The maximum absolute atomic E-state index is 12.7. The van der Waals surface area contributed by atoms with Crippen LogP contribution in [0.3, 0.4) is 0 Å². The molecule has 1 saturated heterocycles. The van der Waals surface area contributed by atoms with Crippen molar-refractivity contribution in [1.82, 2.24) is 9.97 Å². The molecule has 0 radical (unpaired) electrons. The number of methoxy groups -OCH3 is 1. The average Bonchev–Trinajstić information content (AvgIpc) is 2.62. The van der Waals surface area contributed by atoms with Gasteiger partial charge in [-0.05, 0) is 17.7 Å². The Morgan fingerprint density at radius 3 is 2.64 bits per heavy atom. The fraction of sp³-hybridized carbons (Fsp3) is 0.375. The molecule has 2 aromatic rings. The van der Waals surface area contributed by atoms with Crippen LogP contribution in [0.4, 0.5) is 19.0 Å². The molecule has 5 nitrogen and oxygen atoms in total. The van der Waals surface area contributed by atoms with E-state index in [9.17, 15) is 13.2 Å². The first-order valence-corrected chi connectivity index (χ1v) is 7.86. The van der Waals surface area contributed by atoms with Crippen molar-refractivity contribution in [3.05, 3.63) is 46.6 Å². The van der Waals surface area contributed by atoms with Crippen LogP contribution in [0.25, 0.3) is 0 Å². The van der Waals surface area contributed by atoms with Gasteiger partial charge in [-0.25, -0.2) is 4.98 Å². The summed E-state index contributed by atoms with van der Waals surface area (Å²) in [4.78, 5) is 10.1. The van der Waals surface area contributed by atoms with Gasteiger partial charge >= 0.3 is 12.2 Å².